The lowest BCUT2D eigenvalue weighted by molar-refractivity contribution is -0.167. The molecule has 0 unspecified atom stereocenters. The molecule has 4 aliphatic rings. The monoisotopic (exact) mass is 519 g/mol. The van der Waals surface area contributed by atoms with Crippen LogP contribution in [0.1, 0.15) is 48.2 Å². The first-order chi connectivity index (χ1) is 18.4. The Balaban J connectivity index is 1.11. The van der Waals surface area contributed by atoms with Crippen LogP contribution in [0, 0.1) is 0 Å². The van der Waals surface area contributed by atoms with Gasteiger partial charge in [-0.3, -0.25) is 14.6 Å². The molecule has 38 heavy (non-hydrogen) atoms. The number of nitrogens with one attached hydrogen (secondary N) is 2. The molecule has 198 valence electrons. The lowest BCUT2D eigenvalue weighted by atomic mass is 9.70. The Morgan fingerprint density at radius 3 is 2.79 bits per heavy atom. The van der Waals surface area contributed by atoms with E-state index < -0.39 is 5.97 Å². The van der Waals surface area contributed by atoms with E-state index in [1.54, 1.807) is 16.7 Å². The van der Waals surface area contributed by atoms with Gasteiger partial charge in [0.05, 0.1) is 41.6 Å². The third kappa shape index (κ3) is 4.52. The van der Waals surface area contributed by atoms with Crippen molar-refractivity contribution in [3.63, 3.8) is 0 Å². The van der Waals surface area contributed by atoms with Crippen molar-refractivity contribution in [3.05, 3.63) is 58.1 Å². The van der Waals surface area contributed by atoms with E-state index in [2.05, 4.69) is 20.6 Å². The molecule has 0 aromatic carbocycles. The number of fused-ring (bicyclic) bond motifs is 5. The van der Waals surface area contributed by atoms with Gasteiger partial charge in [0.25, 0.3) is 11.5 Å². The highest BCUT2D eigenvalue weighted by atomic mass is 16.5. The van der Waals surface area contributed by atoms with E-state index in [1.807, 2.05) is 12.1 Å². The molecule has 3 aromatic rings. The van der Waals surface area contributed by atoms with Gasteiger partial charge in [-0.1, -0.05) is 0 Å². The molecule has 1 amide bonds. The van der Waals surface area contributed by atoms with E-state index >= 15 is 0 Å². The van der Waals surface area contributed by atoms with Gasteiger partial charge in [0, 0.05) is 30.9 Å². The third-order valence-electron chi connectivity index (χ3n) is 8.00. The predicted octanol–water partition coefficient (Wildman–Crippen LogP) is 2.17. The van der Waals surface area contributed by atoms with Crippen molar-refractivity contribution in [2.75, 3.05) is 25.6 Å². The van der Waals surface area contributed by atoms with Gasteiger partial charge in [-0.15, -0.1) is 0 Å². The summed E-state index contributed by atoms with van der Waals surface area (Å²) in [5.41, 5.74) is 1.83. The fourth-order valence-electron chi connectivity index (χ4n) is 5.64. The first-order valence-corrected chi connectivity index (χ1v) is 12.8. The van der Waals surface area contributed by atoms with Crippen LogP contribution in [0.25, 0.3) is 11.0 Å². The van der Waals surface area contributed by atoms with Crippen LogP contribution in [-0.2, 0) is 27.4 Å². The zero-order chi connectivity index (χ0) is 26.3. The number of ether oxygens (including phenoxy) is 3. The molecule has 6 heterocycles. The second-order valence-electron chi connectivity index (χ2n) is 10.3. The number of nitrogens with zero attached hydrogens (tertiary/aromatic N) is 3. The SMILES string of the molecule is COC(=O)c1cnc2ccc(=O)n(CCC34CCC(NCc5ccc6c(n5)NC(=O)CO6)(CC3)CO4)c2c1. The molecule has 1 saturated carbocycles. The van der Waals surface area contributed by atoms with Crippen LogP contribution in [0.3, 0.4) is 0 Å². The highest BCUT2D eigenvalue weighted by Gasteiger charge is 2.49. The molecule has 3 aromatic heterocycles. The van der Waals surface area contributed by atoms with Crippen molar-refractivity contribution in [1.82, 2.24) is 19.9 Å². The van der Waals surface area contributed by atoms with Gasteiger partial charge in [0.2, 0.25) is 0 Å². The fourth-order valence-corrected chi connectivity index (χ4v) is 5.64. The van der Waals surface area contributed by atoms with E-state index in [9.17, 15) is 14.4 Å². The van der Waals surface area contributed by atoms with Gasteiger partial charge >= 0.3 is 5.97 Å². The number of aromatic nitrogens is 3. The molecular weight excluding hydrogens is 490 g/mol. The van der Waals surface area contributed by atoms with Crippen LogP contribution in [0.2, 0.25) is 0 Å². The average Bonchev–Trinajstić information content (AvgIpc) is 2.95. The van der Waals surface area contributed by atoms with Crippen molar-refractivity contribution in [2.24, 2.45) is 0 Å². The zero-order valence-electron chi connectivity index (χ0n) is 21.1. The highest BCUT2D eigenvalue weighted by Crippen LogP contribution is 2.45. The van der Waals surface area contributed by atoms with Gasteiger partial charge < -0.3 is 29.4 Å². The summed E-state index contributed by atoms with van der Waals surface area (Å²) in [6.45, 7) is 1.61. The largest absolute Gasteiger partial charge is 0.480 e. The normalized spacial score (nSPS) is 24.0. The zero-order valence-corrected chi connectivity index (χ0v) is 21.1. The van der Waals surface area contributed by atoms with Gasteiger partial charge in [0.1, 0.15) is 0 Å². The van der Waals surface area contributed by atoms with Crippen molar-refractivity contribution >= 4 is 28.7 Å². The quantitative estimate of drug-likeness (QED) is 0.451. The molecule has 3 fully saturated rings. The van der Waals surface area contributed by atoms with Gasteiger partial charge in [0.15, 0.2) is 18.2 Å². The highest BCUT2D eigenvalue weighted by molar-refractivity contribution is 5.94. The van der Waals surface area contributed by atoms with Crippen LogP contribution >= 0.6 is 0 Å². The minimum atomic E-state index is -0.490. The molecule has 0 spiro atoms. The van der Waals surface area contributed by atoms with Crippen LogP contribution in [-0.4, -0.2) is 57.9 Å². The molecule has 2 N–H and O–H groups in total. The summed E-state index contributed by atoms with van der Waals surface area (Å²) in [5, 5.41) is 6.41. The maximum atomic E-state index is 12.8. The van der Waals surface area contributed by atoms with Gasteiger partial charge in [-0.2, -0.15) is 0 Å². The molecule has 2 bridgehead atoms. The molecule has 2 saturated heterocycles. The number of rotatable bonds is 7. The van der Waals surface area contributed by atoms with E-state index in [0.29, 0.717) is 54.3 Å². The molecule has 3 aliphatic heterocycles. The number of methoxy groups -OCH3 is 1. The summed E-state index contributed by atoms with van der Waals surface area (Å²) >= 11 is 0. The van der Waals surface area contributed by atoms with Gasteiger partial charge in [-0.25, -0.2) is 9.78 Å². The number of anilines is 1. The van der Waals surface area contributed by atoms with E-state index in [-0.39, 0.29) is 29.2 Å². The van der Waals surface area contributed by atoms with Gasteiger partial charge in [-0.05, 0) is 56.4 Å². The summed E-state index contributed by atoms with van der Waals surface area (Å²) in [5.74, 6) is 0.343. The summed E-state index contributed by atoms with van der Waals surface area (Å²) in [6, 6.07) is 8.58. The standard InChI is InChI=1S/C27H29N5O6/c1-36-25(35)17-12-20-19(28-13-17)3-5-23(34)32(20)11-10-27-8-6-26(7-9-27,16-38-27)29-14-18-2-4-21-24(30-18)31-22(33)15-37-21/h2-5,12-13,29H,6-11,14-16H2,1H3,(H,30,31,33). The van der Waals surface area contributed by atoms with Crippen molar-refractivity contribution in [3.8, 4) is 5.75 Å². The Hall–Kier alpha value is -3.83. The van der Waals surface area contributed by atoms with Crippen LogP contribution in [0.15, 0.2) is 41.3 Å². The van der Waals surface area contributed by atoms with E-state index in [1.165, 1.54) is 19.4 Å². The Bertz CT molecular complexity index is 1460. The summed E-state index contributed by atoms with van der Waals surface area (Å²) < 4.78 is 18.3. The number of amides is 1. The topological polar surface area (TPSA) is 134 Å². The maximum absolute atomic E-state index is 12.8. The number of aryl methyl sites for hydroxylation is 1. The first-order valence-electron chi connectivity index (χ1n) is 12.8. The Morgan fingerprint density at radius 2 is 2.03 bits per heavy atom. The second kappa shape index (κ2) is 9.48. The third-order valence-corrected chi connectivity index (χ3v) is 8.00. The van der Waals surface area contributed by atoms with Crippen LogP contribution in [0.5, 0.6) is 5.75 Å². The molecule has 1 aliphatic carbocycles. The minimum Gasteiger partial charge on any atom is -0.480 e. The molecule has 7 rings (SSSR count). The Labute approximate surface area is 218 Å². The maximum Gasteiger partial charge on any atom is 0.339 e. The number of pyridine rings is 3. The average molecular weight is 520 g/mol. The number of esters is 1. The number of hydrogen-bond donors (Lipinski definition) is 2. The van der Waals surface area contributed by atoms with Crippen molar-refractivity contribution in [1.29, 1.82) is 0 Å². The van der Waals surface area contributed by atoms with Crippen LogP contribution in [0.4, 0.5) is 5.82 Å². The van der Waals surface area contributed by atoms with Crippen molar-refractivity contribution < 1.29 is 23.8 Å². The molecule has 0 atom stereocenters. The number of carbonyl (C=O) groups excluding carboxylic acids is 2. The van der Waals surface area contributed by atoms with E-state index in [4.69, 9.17) is 14.2 Å². The van der Waals surface area contributed by atoms with Crippen molar-refractivity contribution in [2.45, 2.75) is 56.3 Å². The number of carbonyl (C=O) groups is 2. The second-order valence-corrected chi connectivity index (χ2v) is 10.3. The van der Waals surface area contributed by atoms with E-state index in [0.717, 1.165) is 31.4 Å². The lowest BCUT2D eigenvalue weighted by Crippen LogP contribution is -2.61. The predicted molar refractivity (Wildman–Crippen MR) is 137 cm³/mol. The fraction of sp³-hybridized carbons (Fsp3) is 0.444. The molecule has 11 heteroatoms. The summed E-state index contributed by atoms with van der Waals surface area (Å²) in [6.07, 6.45) is 5.83. The number of hydrogen-bond acceptors (Lipinski definition) is 9. The molecule has 0 radical (unpaired) electrons. The summed E-state index contributed by atoms with van der Waals surface area (Å²) in [7, 11) is 1.32. The minimum absolute atomic E-state index is 0.00895. The van der Waals surface area contributed by atoms with Crippen LogP contribution < -0.4 is 20.9 Å². The smallest absolute Gasteiger partial charge is 0.339 e. The Kier molecular flexibility index (Phi) is 6.11. The molecular formula is C27H29N5O6. The Morgan fingerprint density at radius 1 is 1.18 bits per heavy atom. The summed E-state index contributed by atoms with van der Waals surface area (Å²) in [4.78, 5) is 45.3. The molecule has 11 nitrogen and oxygen atoms in total. The lowest BCUT2D eigenvalue weighted by Gasteiger charge is -2.53. The first kappa shape index (κ1) is 24.5.